The highest BCUT2D eigenvalue weighted by Gasteiger charge is 2.09. The molecule has 0 radical (unpaired) electrons. The minimum absolute atomic E-state index is 0.0472. The van der Waals surface area contributed by atoms with Gasteiger partial charge in [0.1, 0.15) is 0 Å². The Kier molecular flexibility index (Phi) is 2.48. The van der Waals surface area contributed by atoms with E-state index in [4.69, 9.17) is 0 Å². The first kappa shape index (κ1) is 10.2. The largest absolute Gasteiger partial charge is 0.362 e. The predicted molar refractivity (Wildman–Crippen MR) is 66.9 cm³/mol. The molecular formula is C13H15N3O. The molecule has 0 unspecified atom stereocenters. The zero-order valence-corrected chi connectivity index (χ0v) is 9.55. The maximum atomic E-state index is 11.8. The standard InChI is InChI=1S/C13H15N3O/c17-13-11(8-10-6-3-7-14-10)12(15-16-13)9-4-1-2-5-9/h3,6-8,14-15H,1-2,4-5H2,(H,16,17). The summed E-state index contributed by atoms with van der Waals surface area (Å²) >= 11 is 0. The van der Waals surface area contributed by atoms with Gasteiger partial charge in [0, 0.05) is 11.9 Å². The van der Waals surface area contributed by atoms with Crippen LogP contribution in [0.4, 0.5) is 0 Å². The number of aromatic amines is 3. The summed E-state index contributed by atoms with van der Waals surface area (Å²) in [4.78, 5) is 14.9. The first-order valence-electron chi connectivity index (χ1n) is 5.98. The van der Waals surface area contributed by atoms with Crippen LogP contribution in [0, 0.1) is 0 Å². The Labute approximate surface area is 98.1 Å². The van der Waals surface area contributed by atoms with Crippen LogP contribution in [0.3, 0.4) is 0 Å². The third-order valence-corrected chi connectivity index (χ3v) is 3.30. The van der Waals surface area contributed by atoms with E-state index >= 15 is 0 Å². The Balaban J connectivity index is 2.27. The summed E-state index contributed by atoms with van der Waals surface area (Å²) in [5, 5.41) is 7.42. The fourth-order valence-electron chi connectivity index (χ4n) is 2.43. The quantitative estimate of drug-likeness (QED) is 0.658. The second-order valence-corrected chi connectivity index (χ2v) is 4.45. The minimum atomic E-state index is -0.0472. The molecule has 4 heteroatoms. The fourth-order valence-corrected chi connectivity index (χ4v) is 2.43. The average molecular weight is 229 g/mol. The lowest BCUT2D eigenvalue weighted by Gasteiger charge is -1.91. The van der Waals surface area contributed by atoms with Crippen molar-refractivity contribution in [3.63, 3.8) is 0 Å². The second-order valence-electron chi connectivity index (χ2n) is 4.45. The maximum Gasteiger partial charge on any atom is 0.271 e. The van der Waals surface area contributed by atoms with E-state index in [9.17, 15) is 4.79 Å². The lowest BCUT2D eigenvalue weighted by molar-refractivity contribution is 0.886. The highest BCUT2D eigenvalue weighted by Crippen LogP contribution is 2.22. The SMILES string of the molecule is O=c1[nH][nH]c(=C2CCCC2)c1=Cc1ccc[nH]1. The molecule has 0 saturated heterocycles. The molecule has 0 aromatic carbocycles. The number of nitrogens with one attached hydrogen (secondary N) is 3. The number of hydrogen-bond acceptors (Lipinski definition) is 1. The Hall–Kier alpha value is -1.97. The lowest BCUT2D eigenvalue weighted by Crippen LogP contribution is -2.34. The van der Waals surface area contributed by atoms with E-state index in [0.717, 1.165) is 29.1 Å². The molecule has 1 aliphatic carbocycles. The summed E-state index contributed by atoms with van der Waals surface area (Å²) in [6, 6.07) is 3.88. The van der Waals surface area contributed by atoms with E-state index in [-0.39, 0.29) is 5.56 Å². The first-order chi connectivity index (χ1) is 8.34. The van der Waals surface area contributed by atoms with Crippen molar-refractivity contribution in [1.29, 1.82) is 0 Å². The van der Waals surface area contributed by atoms with Crippen molar-refractivity contribution >= 4 is 11.6 Å². The van der Waals surface area contributed by atoms with Crippen molar-refractivity contribution in [3.05, 3.63) is 44.9 Å². The van der Waals surface area contributed by atoms with E-state index in [1.807, 2.05) is 24.4 Å². The van der Waals surface area contributed by atoms with Crippen LogP contribution in [-0.4, -0.2) is 15.2 Å². The van der Waals surface area contributed by atoms with Gasteiger partial charge in [0.2, 0.25) is 0 Å². The van der Waals surface area contributed by atoms with Gasteiger partial charge in [-0.3, -0.25) is 15.0 Å². The molecule has 2 aromatic rings. The van der Waals surface area contributed by atoms with Crippen LogP contribution in [0.2, 0.25) is 0 Å². The number of H-pyrrole nitrogens is 3. The van der Waals surface area contributed by atoms with Gasteiger partial charge in [-0.15, -0.1) is 0 Å². The molecule has 3 N–H and O–H groups in total. The molecule has 4 nitrogen and oxygen atoms in total. The maximum absolute atomic E-state index is 11.8. The summed E-state index contributed by atoms with van der Waals surface area (Å²) < 4.78 is 0. The van der Waals surface area contributed by atoms with Crippen molar-refractivity contribution in [2.24, 2.45) is 0 Å². The summed E-state index contributed by atoms with van der Waals surface area (Å²) in [6.07, 6.45) is 8.40. The average Bonchev–Trinajstić information content (AvgIpc) is 3.03. The van der Waals surface area contributed by atoms with Crippen molar-refractivity contribution in [2.45, 2.75) is 25.7 Å². The van der Waals surface area contributed by atoms with Crippen LogP contribution in [0.25, 0.3) is 11.6 Å². The third-order valence-electron chi connectivity index (χ3n) is 3.30. The monoisotopic (exact) mass is 229 g/mol. The minimum Gasteiger partial charge on any atom is -0.362 e. The molecule has 0 aliphatic heterocycles. The smallest absolute Gasteiger partial charge is 0.271 e. The number of hydrogen-bond donors (Lipinski definition) is 3. The molecule has 88 valence electrons. The number of aromatic nitrogens is 3. The molecule has 0 spiro atoms. The van der Waals surface area contributed by atoms with Crippen LogP contribution < -0.4 is 16.1 Å². The normalized spacial score (nSPS) is 16.9. The molecule has 3 rings (SSSR count). The zero-order valence-electron chi connectivity index (χ0n) is 9.55. The van der Waals surface area contributed by atoms with Gasteiger partial charge in [0.05, 0.1) is 10.6 Å². The first-order valence-corrected chi connectivity index (χ1v) is 5.98. The van der Waals surface area contributed by atoms with Gasteiger partial charge in [-0.25, -0.2) is 0 Å². The van der Waals surface area contributed by atoms with Crippen LogP contribution in [0.1, 0.15) is 31.4 Å². The van der Waals surface area contributed by atoms with E-state index in [1.54, 1.807) is 0 Å². The Morgan fingerprint density at radius 2 is 2.00 bits per heavy atom. The predicted octanol–water partition coefficient (Wildman–Crippen LogP) is 0.585. The Morgan fingerprint density at radius 1 is 1.18 bits per heavy atom. The van der Waals surface area contributed by atoms with Gasteiger partial charge < -0.3 is 4.98 Å². The molecule has 1 aliphatic rings. The molecule has 0 amide bonds. The van der Waals surface area contributed by atoms with Crippen LogP contribution in [0.5, 0.6) is 0 Å². The van der Waals surface area contributed by atoms with Gasteiger partial charge in [0.15, 0.2) is 0 Å². The van der Waals surface area contributed by atoms with Gasteiger partial charge in [-0.1, -0.05) is 0 Å². The summed E-state index contributed by atoms with van der Waals surface area (Å²) in [5.41, 5.74) is 2.27. The van der Waals surface area contributed by atoms with Gasteiger partial charge in [0.25, 0.3) is 5.56 Å². The van der Waals surface area contributed by atoms with Crippen LogP contribution >= 0.6 is 0 Å². The van der Waals surface area contributed by atoms with E-state index in [2.05, 4.69) is 15.2 Å². The van der Waals surface area contributed by atoms with Crippen molar-refractivity contribution in [3.8, 4) is 0 Å². The van der Waals surface area contributed by atoms with E-state index in [0.29, 0.717) is 0 Å². The second kappa shape index (κ2) is 4.13. The topological polar surface area (TPSA) is 64.4 Å². The molecule has 0 atom stereocenters. The van der Waals surface area contributed by atoms with Crippen molar-refractivity contribution < 1.29 is 0 Å². The Bertz CT molecular complexity index is 665. The van der Waals surface area contributed by atoms with Crippen LogP contribution in [-0.2, 0) is 0 Å². The van der Waals surface area contributed by atoms with Crippen molar-refractivity contribution in [1.82, 2.24) is 15.2 Å². The summed E-state index contributed by atoms with van der Waals surface area (Å²) in [6.45, 7) is 0. The fraction of sp³-hybridized carbons (Fsp3) is 0.308. The summed E-state index contributed by atoms with van der Waals surface area (Å²) in [7, 11) is 0. The highest BCUT2D eigenvalue weighted by atomic mass is 16.1. The molecular weight excluding hydrogens is 214 g/mol. The van der Waals surface area contributed by atoms with E-state index in [1.165, 1.54) is 18.4 Å². The molecule has 2 aromatic heterocycles. The molecule has 1 saturated carbocycles. The van der Waals surface area contributed by atoms with Gasteiger partial charge in [-0.2, -0.15) is 0 Å². The van der Waals surface area contributed by atoms with Crippen molar-refractivity contribution in [2.75, 3.05) is 0 Å². The number of rotatable bonds is 1. The zero-order chi connectivity index (χ0) is 11.7. The highest BCUT2D eigenvalue weighted by molar-refractivity contribution is 5.50. The summed E-state index contributed by atoms with van der Waals surface area (Å²) in [5.74, 6) is 0. The third kappa shape index (κ3) is 1.86. The molecule has 0 bridgehead atoms. The Morgan fingerprint density at radius 3 is 2.71 bits per heavy atom. The van der Waals surface area contributed by atoms with Crippen LogP contribution in [0.15, 0.2) is 23.1 Å². The molecule has 2 heterocycles. The molecule has 1 fully saturated rings. The van der Waals surface area contributed by atoms with Gasteiger partial charge in [-0.05, 0) is 49.5 Å². The van der Waals surface area contributed by atoms with E-state index < -0.39 is 0 Å². The lowest BCUT2D eigenvalue weighted by atomic mass is 10.2. The molecule has 17 heavy (non-hydrogen) atoms. The van der Waals surface area contributed by atoms with Gasteiger partial charge >= 0.3 is 0 Å².